The Balaban J connectivity index is 2.69. The lowest BCUT2D eigenvalue weighted by Gasteiger charge is -2.10. The van der Waals surface area contributed by atoms with Gasteiger partial charge >= 0.3 is 12.1 Å². The number of pyridine rings is 1. The summed E-state index contributed by atoms with van der Waals surface area (Å²) in [5.41, 5.74) is -2.64. The van der Waals surface area contributed by atoms with E-state index in [0.29, 0.717) is 10.6 Å². The fourth-order valence-electron chi connectivity index (χ4n) is 1.49. The molecule has 0 aliphatic carbocycles. The van der Waals surface area contributed by atoms with E-state index >= 15 is 0 Å². The van der Waals surface area contributed by atoms with E-state index in [0.717, 1.165) is 12.3 Å². The number of rotatable bonds is 5. The van der Waals surface area contributed by atoms with E-state index in [-0.39, 0.29) is 13.0 Å². The highest BCUT2D eigenvalue weighted by atomic mass is 19.4. The highest BCUT2D eigenvalue weighted by Gasteiger charge is 2.34. The molecule has 0 unspecified atom stereocenters. The number of amides is 1. The summed E-state index contributed by atoms with van der Waals surface area (Å²) in [5, 5.41) is 2.30. The molecule has 0 radical (unpaired) electrons. The molecular weight excluding hydrogens is 293 g/mol. The third-order valence-electron chi connectivity index (χ3n) is 2.52. The average Bonchev–Trinajstić information content (AvgIpc) is 2.39. The van der Waals surface area contributed by atoms with Crippen molar-refractivity contribution < 1.29 is 27.5 Å². The third-order valence-corrected chi connectivity index (χ3v) is 2.52. The van der Waals surface area contributed by atoms with Crippen molar-refractivity contribution in [3.8, 4) is 0 Å². The first-order chi connectivity index (χ1) is 9.75. The Labute approximate surface area is 117 Å². The van der Waals surface area contributed by atoms with Gasteiger partial charge in [-0.2, -0.15) is 13.2 Å². The first-order valence-corrected chi connectivity index (χ1v) is 5.86. The van der Waals surface area contributed by atoms with Crippen LogP contribution in [0, 0.1) is 0 Å². The van der Waals surface area contributed by atoms with Crippen molar-refractivity contribution in [1.29, 1.82) is 0 Å². The molecule has 0 atom stereocenters. The largest absolute Gasteiger partial charge is 0.469 e. The standard InChI is InChI=1S/C12H13F3N2O4/c1-21-10(19)4-5-16-9(18)7-17-6-2-3-8(11(17)20)12(13,14)15/h2-3,6H,4-5,7H2,1H3,(H,16,18). The number of aromatic nitrogens is 1. The number of esters is 1. The van der Waals surface area contributed by atoms with Crippen molar-refractivity contribution in [3.63, 3.8) is 0 Å². The summed E-state index contributed by atoms with van der Waals surface area (Å²) >= 11 is 0. The highest BCUT2D eigenvalue weighted by molar-refractivity contribution is 5.76. The lowest BCUT2D eigenvalue weighted by Crippen LogP contribution is -2.35. The summed E-state index contributed by atoms with van der Waals surface area (Å²) in [6.07, 6.45) is -3.77. The van der Waals surface area contributed by atoms with E-state index in [1.165, 1.54) is 7.11 Å². The molecule has 9 heteroatoms. The number of hydrogen-bond acceptors (Lipinski definition) is 4. The predicted molar refractivity (Wildman–Crippen MR) is 65.3 cm³/mol. The number of ether oxygens (including phenoxy) is 1. The maximum absolute atomic E-state index is 12.5. The fourth-order valence-corrected chi connectivity index (χ4v) is 1.49. The van der Waals surface area contributed by atoms with Gasteiger partial charge in [-0.3, -0.25) is 14.4 Å². The van der Waals surface area contributed by atoms with Gasteiger partial charge in [0.05, 0.1) is 13.5 Å². The smallest absolute Gasteiger partial charge is 0.421 e. The van der Waals surface area contributed by atoms with Gasteiger partial charge in [0.15, 0.2) is 0 Å². The Hall–Kier alpha value is -2.32. The van der Waals surface area contributed by atoms with Crippen molar-refractivity contribution >= 4 is 11.9 Å². The molecule has 0 saturated carbocycles. The molecule has 1 amide bonds. The van der Waals surface area contributed by atoms with Crippen molar-refractivity contribution in [3.05, 3.63) is 34.2 Å². The zero-order chi connectivity index (χ0) is 16.0. The number of hydrogen-bond donors (Lipinski definition) is 1. The number of nitrogens with zero attached hydrogens (tertiary/aromatic N) is 1. The van der Waals surface area contributed by atoms with Crippen LogP contribution in [-0.4, -0.2) is 30.1 Å². The Morgan fingerprint density at radius 1 is 1.38 bits per heavy atom. The van der Waals surface area contributed by atoms with Crippen LogP contribution < -0.4 is 10.9 Å². The molecule has 0 aliphatic rings. The molecular formula is C12H13F3N2O4. The fraction of sp³-hybridized carbons (Fsp3) is 0.417. The molecule has 6 nitrogen and oxygen atoms in total. The molecule has 0 aromatic carbocycles. The van der Waals surface area contributed by atoms with Gasteiger partial charge in [-0.15, -0.1) is 0 Å². The van der Waals surface area contributed by atoms with E-state index < -0.39 is 35.7 Å². The first-order valence-electron chi connectivity index (χ1n) is 5.86. The minimum absolute atomic E-state index is 0.0286. The average molecular weight is 306 g/mol. The van der Waals surface area contributed by atoms with Crippen LogP contribution in [0.15, 0.2) is 23.1 Å². The molecule has 0 saturated heterocycles. The molecule has 0 fully saturated rings. The maximum atomic E-state index is 12.5. The molecule has 0 spiro atoms. The summed E-state index contributed by atoms with van der Waals surface area (Å²) in [6.45, 7) is -0.594. The van der Waals surface area contributed by atoms with Gasteiger partial charge < -0.3 is 14.6 Å². The van der Waals surface area contributed by atoms with E-state index in [1.54, 1.807) is 0 Å². The summed E-state index contributed by atoms with van der Waals surface area (Å²) in [4.78, 5) is 33.9. The Kier molecular flexibility index (Phi) is 5.51. The quantitative estimate of drug-likeness (QED) is 0.806. The van der Waals surface area contributed by atoms with Gasteiger partial charge in [-0.25, -0.2) is 0 Å². The second kappa shape index (κ2) is 6.91. The maximum Gasteiger partial charge on any atom is 0.421 e. The molecule has 1 aromatic heterocycles. The number of alkyl halides is 3. The van der Waals surface area contributed by atoms with Crippen molar-refractivity contribution in [2.45, 2.75) is 19.1 Å². The zero-order valence-electron chi connectivity index (χ0n) is 11.1. The second-order valence-electron chi connectivity index (χ2n) is 4.03. The molecule has 0 bridgehead atoms. The van der Waals surface area contributed by atoms with Gasteiger partial charge in [0.1, 0.15) is 12.1 Å². The van der Waals surface area contributed by atoms with Gasteiger partial charge in [0.25, 0.3) is 5.56 Å². The molecule has 1 aromatic rings. The van der Waals surface area contributed by atoms with Crippen LogP contribution in [0.1, 0.15) is 12.0 Å². The van der Waals surface area contributed by atoms with Crippen molar-refractivity contribution in [1.82, 2.24) is 9.88 Å². The number of methoxy groups -OCH3 is 1. The van der Waals surface area contributed by atoms with E-state index in [1.807, 2.05) is 0 Å². The lowest BCUT2D eigenvalue weighted by molar-refractivity contribution is -0.141. The molecule has 1 heterocycles. The van der Waals surface area contributed by atoms with Gasteiger partial charge in [-0.1, -0.05) is 0 Å². The van der Waals surface area contributed by atoms with Gasteiger partial charge in [0.2, 0.25) is 5.91 Å². The lowest BCUT2D eigenvalue weighted by atomic mass is 10.2. The van der Waals surface area contributed by atoms with Crippen LogP contribution >= 0.6 is 0 Å². The highest BCUT2D eigenvalue weighted by Crippen LogP contribution is 2.25. The summed E-state index contributed by atoms with van der Waals surface area (Å²) in [7, 11) is 1.19. The number of carbonyl (C=O) groups excluding carboxylic acids is 2. The SMILES string of the molecule is COC(=O)CCNC(=O)Cn1cccc(C(F)(F)F)c1=O. The van der Waals surface area contributed by atoms with Crippen molar-refractivity contribution in [2.75, 3.05) is 13.7 Å². The number of nitrogens with one attached hydrogen (secondary N) is 1. The zero-order valence-corrected chi connectivity index (χ0v) is 11.1. The van der Waals surface area contributed by atoms with Gasteiger partial charge in [0, 0.05) is 12.7 Å². The van der Waals surface area contributed by atoms with Crippen LogP contribution in [0.3, 0.4) is 0 Å². The van der Waals surface area contributed by atoms with Crippen LogP contribution in [0.2, 0.25) is 0 Å². The van der Waals surface area contributed by atoms with Crippen LogP contribution in [-0.2, 0) is 27.0 Å². The summed E-state index contributed by atoms with van der Waals surface area (Å²) in [5.74, 6) is -1.22. The summed E-state index contributed by atoms with van der Waals surface area (Å²) < 4.78 is 42.6. The third kappa shape index (κ3) is 4.93. The van der Waals surface area contributed by atoms with Crippen molar-refractivity contribution in [2.24, 2.45) is 0 Å². The van der Waals surface area contributed by atoms with E-state index in [9.17, 15) is 27.6 Å². The van der Waals surface area contributed by atoms with E-state index in [2.05, 4.69) is 10.1 Å². The molecule has 21 heavy (non-hydrogen) atoms. The van der Waals surface area contributed by atoms with E-state index in [4.69, 9.17) is 0 Å². The Morgan fingerprint density at radius 3 is 2.62 bits per heavy atom. The minimum atomic E-state index is -4.78. The molecule has 1 N–H and O–H groups in total. The Bertz CT molecular complexity index is 581. The molecule has 1 rings (SSSR count). The van der Waals surface area contributed by atoms with Crippen LogP contribution in [0.4, 0.5) is 13.2 Å². The van der Waals surface area contributed by atoms with Crippen LogP contribution in [0.25, 0.3) is 0 Å². The van der Waals surface area contributed by atoms with Gasteiger partial charge in [-0.05, 0) is 12.1 Å². The predicted octanol–water partition coefficient (Wildman–Crippen LogP) is 0.546. The minimum Gasteiger partial charge on any atom is -0.469 e. The normalized spacial score (nSPS) is 11.0. The summed E-state index contributed by atoms with van der Waals surface area (Å²) in [6, 6.07) is 1.68. The Morgan fingerprint density at radius 2 is 2.05 bits per heavy atom. The van der Waals surface area contributed by atoms with Crippen LogP contribution in [0.5, 0.6) is 0 Å². The second-order valence-corrected chi connectivity index (χ2v) is 4.03. The number of halogens is 3. The first kappa shape index (κ1) is 16.7. The topological polar surface area (TPSA) is 77.4 Å². The number of carbonyl (C=O) groups is 2. The molecule has 116 valence electrons. The molecule has 0 aliphatic heterocycles. The monoisotopic (exact) mass is 306 g/mol.